The number of aromatic carboxylic acids is 1. The zero-order valence-electron chi connectivity index (χ0n) is 18.8. The molecule has 6 rings (SSSR count). The van der Waals surface area contributed by atoms with Crippen LogP contribution in [0.15, 0.2) is 72.8 Å². The molecule has 0 spiro atoms. The second kappa shape index (κ2) is 7.73. The van der Waals surface area contributed by atoms with Crippen molar-refractivity contribution >= 4 is 34.5 Å². The number of methoxy groups -OCH3 is 1. The van der Waals surface area contributed by atoms with E-state index in [1.165, 1.54) is 12.1 Å². The lowest BCUT2D eigenvalue weighted by molar-refractivity contribution is -0.120. The number of benzene rings is 3. The topological polar surface area (TPSA) is 103 Å². The van der Waals surface area contributed by atoms with Crippen molar-refractivity contribution in [1.82, 2.24) is 9.88 Å². The predicted octanol–water partition coefficient (Wildman–Crippen LogP) is 4.36. The molecule has 0 saturated carbocycles. The minimum absolute atomic E-state index is 0.0716. The van der Waals surface area contributed by atoms with Crippen molar-refractivity contribution in [3.8, 4) is 5.75 Å². The maximum atomic E-state index is 13.9. The van der Waals surface area contributed by atoms with E-state index in [0.29, 0.717) is 12.2 Å². The Morgan fingerprint density at radius 3 is 2.60 bits per heavy atom. The van der Waals surface area contributed by atoms with Crippen molar-refractivity contribution < 1.29 is 24.2 Å². The molecule has 3 aromatic carbocycles. The number of fused-ring (bicyclic) bond motifs is 4. The van der Waals surface area contributed by atoms with Gasteiger partial charge in [-0.15, -0.1) is 0 Å². The Bertz CT molecular complexity index is 1520. The molecule has 2 N–H and O–H groups in total. The number of aromatic amines is 1. The van der Waals surface area contributed by atoms with Gasteiger partial charge in [-0.25, -0.2) is 14.5 Å². The van der Waals surface area contributed by atoms with Crippen molar-refractivity contribution in [2.24, 2.45) is 0 Å². The first-order valence-electron chi connectivity index (χ1n) is 11.2. The van der Waals surface area contributed by atoms with E-state index in [1.807, 2.05) is 48.5 Å². The molecule has 0 unspecified atom stereocenters. The number of nitrogens with zero attached hydrogens (tertiary/aromatic N) is 2. The van der Waals surface area contributed by atoms with Gasteiger partial charge in [0.1, 0.15) is 17.8 Å². The zero-order chi connectivity index (χ0) is 24.3. The number of rotatable bonds is 4. The van der Waals surface area contributed by atoms with Gasteiger partial charge >= 0.3 is 12.0 Å². The number of aromatic nitrogens is 1. The van der Waals surface area contributed by atoms with Crippen LogP contribution in [0.2, 0.25) is 0 Å². The van der Waals surface area contributed by atoms with Crippen molar-refractivity contribution in [3.63, 3.8) is 0 Å². The molecule has 0 aliphatic carbocycles. The number of nitrogens with one attached hydrogen (secondary N) is 1. The molecule has 0 radical (unpaired) electrons. The highest BCUT2D eigenvalue weighted by Gasteiger charge is 2.53. The van der Waals surface area contributed by atoms with Gasteiger partial charge in [0.2, 0.25) is 0 Å². The lowest BCUT2D eigenvalue weighted by atomic mass is 9.89. The Labute approximate surface area is 200 Å². The number of carboxylic acid groups (broad SMARTS) is 1. The molecule has 2 aliphatic rings. The second-order valence-electron chi connectivity index (χ2n) is 8.65. The van der Waals surface area contributed by atoms with Crippen LogP contribution in [0, 0.1) is 0 Å². The molecule has 2 atom stereocenters. The van der Waals surface area contributed by atoms with E-state index in [1.54, 1.807) is 24.1 Å². The van der Waals surface area contributed by atoms with E-state index in [-0.39, 0.29) is 11.3 Å². The molecule has 4 aromatic rings. The summed E-state index contributed by atoms with van der Waals surface area (Å²) < 4.78 is 5.43. The first-order chi connectivity index (χ1) is 17.0. The van der Waals surface area contributed by atoms with Gasteiger partial charge in [-0.2, -0.15) is 0 Å². The fourth-order valence-electron chi connectivity index (χ4n) is 5.30. The van der Waals surface area contributed by atoms with E-state index >= 15 is 0 Å². The van der Waals surface area contributed by atoms with Gasteiger partial charge in [0.25, 0.3) is 5.91 Å². The Kier molecular flexibility index (Phi) is 4.63. The highest BCUT2D eigenvalue weighted by atomic mass is 16.5. The number of imide groups is 1. The number of carbonyl (C=O) groups excluding carboxylic acids is 2. The number of urea groups is 1. The zero-order valence-corrected chi connectivity index (χ0v) is 18.8. The summed E-state index contributed by atoms with van der Waals surface area (Å²) in [6, 6.07) is 19.5. The van der Waals surface area contributed by atoms with Gasteiger partial charge in [0.15, 0.2) is 0 Å². The summed E-state index contributed by atoms with van der Waals surface area (Å²) in [4.78, 5) is 45.5. The van der Waals surface area contributed by atoms with Crippen LogP contribution in [0.5, 0.6) is 5.75 Å². The number of anilines is 1. The molecule has 2 aliphatic heterocycles. The minimum atomic E-state index is -1.20. The van der Waals surface area contributed by atoms with Crippen molar-refractivity contribution in [2.45, 2.75) is 18.5 Å². The average Bonchev–Trinajstić information content (AvgIpc) is 3.37. The van der Waals surface area contributed by atoms with Crippen LogP contribution in [0.1, 0.15) is 33.2 Å². The van der Waals surface area contributed by atoms with Crippen molar-refractivity contribution in [3.05, 3.63) is 95.2 Å². The molecule has 1 aromatic heterocycles. The lowest BCUT2D eigenvalue weighted by Gasteiger charge is -2.36. The second-order valence-corrected chi connectivity index (χ2v) is 8.65. The number of ether oxygens (including phenoxy) is 1. The quantitative estimate of drug-likeness (QED) is 0.434. The molecule has 8 nitrogen and oxygen atoms in total. The normalized spacial score (nSPS) is 19.1. The maximum absolute atomic E-state index is 13.9. The third-order valence-electron chi connectivity index (χ3n) is 6.83. The highest BCUT2D eigenvalue weighted by molar-refractivity contribution is 6.23. The fourth-order valence-corrected chi connectivity index (χ4v) is 5.30. The van der Waals surface area contributed by atoms with Crippen molar-refractivity contribution in [2.75, 3.05) is 12.0 Å². The van der Waals surface area contributed by atoms with Gasteiger partial charge in [-0.05, 0) is 41.5 Å². The number of hydrogen-bond donors (Lipinski definition) is 2. The van der Waals surface area contributed by atoms with Gasteiger partial charge in [-0.3, -0.25) is 9.69 Å². The molecule has 3 amide bonds. The summed E-state index contributed by atoms with van der Waals surface area (Å²) in [7, 11) is 1.58. The Morgan fingerprint density at radius 1 is 1.03 bits per heavy atom. The monoisotopic (exact) mass is 467 g/mol. The molecular formula is C27H21N3O5. The van der Waals surface area contributed by atoms with E-state index in [9.17, 15) is 19.5 Å². The summed E-state index contributed by atoms with van der Waals surface area (Å²) in [6.07, 6.45) is 0.329. The number of carboxylic acids is 1. The van der Waals surface area contributed by atoms with Crippen LogP contribution in [-0.4, -0.2) is 46.0 Å². The molecule has 8 heteroatoms. The molecule has 1 fully saturated rings. The Hall–Kier alpha value is -4.59. The Morgan fingerprint density at radius 2 is 1.80 bits per heavy atom. The highest BCUT2D eigenvalue weighted by Crippen LogP contribution is 2.45. The summed E-state index contributed by atoms with van der Waals surface area (Å²) in [5, 5.41) is 10.7. The number of carbonyl (C=O) groups is 3. The molecule has 3 heterocycles. The number of hydrogen-bond acceptors (Lipinski definition) is 4. The summed E-state index contributed by atoms with van der Waals surface area (Å²) >= 11 is 0. The van der Waals surface area contributed by atoms with Gasteiger partial charge in [-0.1, -0.05) is 42.5 Å². The Balaban J connectivity index is 1.56. The van der Waals surface area contributed by atoms with Crippen LogP contribution < -0.4 is 9.64 Å². The van der Waals surface area contributed by atoms with Crippen LogP contribution in [0.3, 0.4) is 0 Å². The maximum Gasteiger partial charge on any atom is 0.337 e. The predicted molar refractivity (Wildman–Crippen MR) is 129 cm³/mol. The summed E-state index contributed by atoms with van der Waals surface area (Å²) in [5.74, 6) is -1.01. The standard InChI is InChI=1S/C27H21N3O5/c1-35-16-8-6-7-15(13-16)24-23-19(17-9-2-4-11-20(17)28-23)14-22-25(31)30(27(34)29(22)24)21-12-5-3-10-18(21)26(32)33/h2-13,22,24,28H,14H2,1H3,(H,32,33)/t22-,24+/m1/s1. The van der Waals surface area contributed by atoms with E-state index < -0.39 is 30.0 Å². The number of para-hydroxylation sites is 2. The third-order valence-corrected chi connectivity index (χ3v) is 6.83. The van der Waals surface area contributed by atoms with Gasteiger partial charge in [0.05, 0.1) is 18.4 Å². The lowest BCUT2D eigenvalue weighted by Crippen LogP contribution is -2.44. The third kappa shape index (κ3) is 3.03. The minimum Gasteiger partial charge on any atom is -0.497 e. The van der Waals surface area contributed by atoms with E-state index in [2.05, 4.69) is 4.98 Å². The fraction of sp³-hybridized carbons (Fsp3) is 0.148. The van der Waals surface area contributed by atoms with Crippen molar-refractivity contribution in [1.29, 1.82) is 0 Å². The van der Waals surface area contributed by atoms with Gasteiger partial charge < -0.3 is 14.8 Å². The first-order valence-corrected chi connectivity index (χ1v) is 11.2. The molecule has 0 bridgehead atoms. The molecular weight excluding hydrogens is 446 g/mol. The summed E-state index contributed by atoms with van der Waals surface area (Å²) in [5.41, 5.74) is 3.50. The molecule has 1 saturated heterocycles. The largest absolute Gasteiger partial charge is 0.497 e. The molecule has 174 valence electrons. The number of amides is 3. The van der Waals surface area contributed by atoms with E-state index in [4.69, 9.17) is 4.74 Å². The first kappa shape index (κ1) is 21.0. The van der Waals surface area contributed by atoms with Crippen LogP contribution >= 0.6 is 0 Å². The molecule has 35 heavy (non-hydrogen) atoms. The van der Waals surface area contributed by atoms with Gasteiger partial charge in [0, 0.05) is 23.0 Å². The smallest absolute Gasteiger partial charge is 0.337 e. The average molecular weight is 467 g/mol. The SMILES string of the molecule is COc1cccc([C@H]2c3[nH]c4ccccc4c3C[C@@H]3C(=O)N(c4ccccc4C(=O)O)C(=O)N23)c1. The van der Waals surface area contributed by atoms with Crippen LogP contribution in [-0.2, 0) is 11.2 Å². The van der Waals surface area contributed by atoms with E-state index in [0.717, 1.165) is 32.6 Å². The van der Waals surface area contributed by atoms with Crippen LogP contribution in [0.25, 0.3) is 10.9 Å². The van der Waals surface area contributed by atoms with Crippen LogP contribution in [0.4, 0.5) is 10.5 Å². The summed E-state index contributed by atoms with van der Waals surface area (Å²) in [6.45, 7) is 0. The number of H-pyrrole nitrogens is 1.